The Hall–Kier alpha value is -1.08. The number of amides is 1. The SMILES string of the molecule is O=C1NS(=O)Nc2nc(Cl)[nH]c21. The van der Waals surface area contributed by atoms with Gasteiger partial charge in [-0.2, -0.15) is 4.98 Å². The quantitative estimate of drug-likeness (QED) is 0.549. The summed E-state index contributed by atoms with van der Waals surface area (Å²) in [5.74, 6) is -0.274. The number of imidazole rings is 1. The summed E-state index contributed by atoms with van der Waals surface area (Å²) in [6, 6.07) is 0. The van der Waals surface area contributed by atoms with E-state index in [4.69, 9.17) is 11.6 Å². The number of nitrogens with zero attached hydrogens (tertiary/aromatic N) is 1. The molecule has 64 valence electrons. The Morgan fingerprint density at radius 3 is 2.92 bits per heavy atom. The molecule has 1 aliphatic heterocycles. The number of carbonyl (C=O) groups is 1. The molecule has 1 atom stereocenters. The topological polar surface area (TPSA) is 86.9 Å². The van der Waals surface area contributed by atoms with E-state index >= 15 is 0 Å². The van der Waals surface area contributed by atoms with Crippen LogP contribution in [0.3, 0.4) is 0 Å². The molecule has 1 unspecified atom stereocenters. The number of hydrogen-bond acceptors (Lipinski definition) is 3. The van der Waals surface area contributed by atoms with Gasteiger partial charge in [-0.1, -0.05) is 0 Å². The van der Waals surface area contributed by atoms with Gasteiger partial charge in [0.2, 0.25) is 16.5 Å². The van der Waals surface area contributed by atoms with Crippen LogP contribution in [0.15, 0.2) is 0 Å². The first-order valence-electron chi connectivity index (χ1n) is 2.92. The van der Waals surface area contributed by atoms with E-state index < -0.39 is 17.1 Å². The van der Waals surface area contributed by atoms with Crippen LogP contribution in [-0.2, 0) is 11.2 Å². The highest BCUT2D eigenvalue weighted by Crippen LogP contribution is 2.18. The summed E-state index contributed by atoms with van der Waals surface area (Å²) < 4.78 is 15.4. The van der Waals surface area contributed by atoms with E-state index in [-0.39, 0.29) is 16.8 Å². The highest BCUT2D eigenvalue weighted by Gasteiger charge is 2.24. The standard InChI is InChI=1S/C4H3ClN4O2S/c5-4-6-1-2(7-4)8-12(11)9-3(1)10/h8H,(H,6,7)(H,9,10). The fraction of sp³-hybridized carbons (Fsp3) is 0. The number of carbonyl (C=O) groups excluding carboxylic acids is 1. The van der Waals surface area contributed by atoms with Crippen molar-refractivity contribution in [1.82, 2.24) is 14.7 Å². The van der Waals surface area contributed by atoms with Gasteiger partial charge in [0.25, 0.3) is 5.91 Å². The third kappa shape index (κ3) is 1.07. The van der Waals surface area contributed by atoms with E-state index in [1.54, 1.807) is 0 Å². The molecule has 0 bridgehead atoms. The van der Waals surface area contributed by atoms with Gasteiger partial charge in [0.1, 0.15) is 0 Å². The van der Waals surface area contributed by atoms with Gasteiger partial charge in [-0.15, -0.1) is 0 Å². The Morgan fingerprint density at radius 1 is 1.42 bits per heavy atom. The second-order valence-corrected chi connectivity index (χ2v) is 3.36. The van der Waals surface area contributed by atoms with E-state index in [1.807, 2.05) is 0 Å². The van der Waals surface area contributed by atoms with Gasteiger partial charge in [0, 0.05) is 0 Å². The maximum Gasteiger partial charge on any atom is 0.284 e. The zero-order valence-electron chi connectivity index (χ0n) is 5.55. The predicted molar refractivity (Wildman–Crippen MR) is 42.8 cm³/mol. The predicted octanol–water partition coefficient (Wildman–Crippen LogP) is -0.203. The fourth-order valence-electron chi connectivity index (χ4n) is 0.831. The van der Waals surface area contributed by atoms with Gasteiger partial charge in [-0.25, -0.2) is 4.21 Å². The first-order valence-corrected chi connectivity index (χ1v) is 4.44. The lowest BCUT2D eigenvalue weighted by Gasteiger charge is -2.10. The molecule has 0 saturated heterocycles. The number of aromatic amines is 1. The van der Waals surface area contributed by atoms with Crippen molar-refractivity contribution < 1.29 is 9.00 Å². The lowest BCUT2D eigenvalue weighted by Crippen LogP contribution is -2.35. The molecule has 1 amide bonds. The van der Waals surface area contributed by atoms with Crippen LogP contribution in [0.25, 0.3) is 0 Å². The minimum atomic E-state index is -1.61. The Kier molecular flexibility index (Phi) is 1.55. The molecule has 0 aliphatic carbocycles. The molecule has 3 N–H and O–H groups in total. The number of fused-ring (bicyclic) bond motifs is 1. The number of rotatable bonds is 0. The zero-order valence-corrected chi connectivity index (χ0v) is 7.12. The number of hydrogen-bond donors (Lipinski definition) is 3. The summed E-state index contributed by atoms with van der Waals surface area (Å²) >= 11 is 3.87. The van der Waals surface area contributed by atoms with E-state index in [9.17, 15) is 9.00 Å². The van der Waals surface area contributed by atoms with Gasteiger partial charge >= 0.3 is 0 Å². The van der Waals surface area contributed by atoms with Crippen molar-refractivity contribution in [3.8, 4) is 0 Å². The smallest absolute Gasteiger partial charge is 0.284 e. The second-order valence-electron chi connectivity index (χ2n) is 2.05. The molecule has 2 rings (SSSR count). The summed E-state index contributed by atoms with van der Waals surface area (Å²) in [6.07, 6.45) is 0. The van der Waals surface area contributed by atoms with Crippen molar-refractivity contribution >= 4 is 34.5 Å². The third-order valence-electron chi connectivity index (χ3n) is 1.28. The summed E-state index contributed by atoms with van der Waals surface area (Å²) in [6.45, 7) is 0. The molecule has 0 aromatic carbocycles. The van der Waals surface area contributed by atoms with Crippen LogP contribution in [-0.4, -0.2) is 20.1 Å². The number of anilines is 1. The summed E-state index contributed by atoms with van der Waals surface area (Å²) in [5, 5.41) is 0.0848. The minimum absolute atomic E-state index is 0.0848. The highest BCUT2D eigenvalue weighted by atomic mass is 35.5. The zero-order chi connectivity index (χ0) is 8.72. The monoisotopic (exact) mass is 206 g/mol. The van der Waals surface area contributed by atoms with Crippen molar-refractivity contribution in [3.05, 3.63) is 11.0 Å². The molecule has 0 fully saturated rings. The van der Waals surface area contributed by atoms with Crippen LogP contribution in [0.2, 0.25) is 5.28 Å². The van der Waals surface area contributed by atoms with E-state index in [0.717, 1.165) is 0 Å². The molecule has 1 aromatic heterocycles. The third-order valence-corrected chi connectivity index (χ3v) is 2.21. The number of nitrogens with one attached hydrogen (secondary N) is 3. The molecule has 1 aliphatic rings. The number of H-pyrrole nitrogens is 1. The van der Waals surface area contributed by atoms with Crippen LogP contribution in [0.5, 0.6) is 0 Å². The van der Waals surface area contributed by atoms with E-state index in [0.29, 0.717) is 0 Å². The Balaban J connectivity index is 2.53. The summed E-state index contributed by atoms with van der Waals surface area (Å²) in [7, 11) is 0. The molecule has 2 heterocycles. The van der Waals surface area contributed by atoms with Crippen LogP contribution in [0.4, 0.5) is 5.82 Å². The van der Waals surface area contributed by atoms with Crippen LogP contribution >= 0.6 is 11.6 Å². The average Bonchev–Trinajstić information content (AvgIpc) is 2.29. The molecular weight excluding hydrogens is 204 g/mol. The van der Waals surface area contributed by atoms with E-state index in [2.05, 4.69) is 19.4 Å². The Morgan fingerprint density at radius 2 is 2.17 bits per heavy atom. The molecule has 8 heteroatoms. The minimum Gasteiger partial charge on any atom is -0.323 e. The molecule has 1 aromatic rings. The maximum absolute atomic E-state index is 11.0. The van der Waals surface area contributed by atoms with Crippen LogP contribution in [0, 0.1) is 0 Å². The van der Waals surface area contributed by atoms with Gasteiger partial charge < -0.3 is 4.98 Å². The second kappa shape index (κ2) is 2.46. The molecule has 0 spiro atoms. The van der Waals surface area contributed by atoms with Crippen molar-refractivity contribution in [2.45, 2.75) is 0 Å². The van der Waals surface area contributed by atoms with Crippen molar-refractivity contribution in [2.75, 3.05) is 4.72 Å². The number of halogens is 1. The molecular formula is C4H3ClN4O2S. The Labute approximate surface area is 74.4 Å². The molecule has 0 radical (unpaired) electrons. The normalized spacial score (nSPS) is 21.1. The van der Waals surface area contributed by atoms with Gasteiger partial charge in [-0.3, -0.25) is 14.2 Å². The lowest BCUT2D eigenvalue weighted by atomic mass is 10.4. The van der Waals surface area contributed by atoms with Crippen LogP contribution in [0.1, 0.15) is 10.5 Å². The van der Waals surface area contributed by atoms with Gasteiger partial charge in [0.05, 0.1) is 0 Å². The van der Waals surface area contributed by atoms with E-state index in [1.165, 1.54) is 0 Å². The van der Waals surface area contributed by atoms with Crippen LogP contribution < -0.4 is 9.44 Å². The Bertz CT molecular complexity index is 375. The molecule has 12 heavy (non-hydrogen) atoms. The molecule has 6 nitrogen and oxygen atoms in total. The van der Waals surface area contributed by atoms with Gasteiger partial charge in [-0.05, 0) is 11.6 Å². The van der Waals surface area contributed by atoms with Crippen molar-refractivity contribution in [2.24, 2.45) is 0 Å². The van der Waals surface area contributed by atoms with Crippen molar-refractivity contribution in [1.29, 1.82) is 0 Å². The molecule has 0 saturated carbocycles. The van der Waals surface area contributed by atoms with Crippen molar-refractivity contribution in [3.63, 3.8) is 0 Å². The average molecular weight is 207 g/mol. The maximum atomic E-state index is 11.0. The highest BCUT2D eigenvalue weighted by molar-refractivity contribution is 7.85. The fourth-order valence-corrected chi connectivity index (χ4v) is 1.65. The first kappa shape index (κ1) is 7.56. The summed E-state index contributed by atoms with van der Waals surface area (Å²) in [4.78, 5) is 17.2. The lowest BCUT2D eigenvalue weighted by molar-refractivity contribution is 0.0978. The summed E-state index contributed by atoms with van der Waals surface area (Å²) in [5.41, 5.74) is 0.194. The first-order chi connectivity index (χ1) is 5.66. The number of aromatic nitrogens is 2. The van der Waals surface area contributed by atoms with Gasteiger partial charge in [0.15, 0.2) is 11.5 Å². The largest absolute Gasteiger partial charge is 0.323 e.